The first kappa shape index (κ1) is 18.6. The maximum atomic E-state index is 12.3. The Balaban J connectivity index is 1.34. The number of halogens is 1. The van der Waals surface area contributed by atoms with E-state index in [9.17, 15) is 4.79 Å². The molecule has 1 saturated carbocycles. The van der Waals surface area contributed by atoms with E-state index in [0.29, 0.717) is 11.8 Å². The number of hydrogen-bond acceptors (Lipinski definition) is 3. The van der Waals surface area contributed by atoms with E-state index in [4.69, 9.17) is 16.6 Å². The van der Waals surface area contributed by atoms with Crippen molar-refractivity contribution in [1.29, 1.82) is 0 Å². The van der Waals surface area contributed by atoms with Gasteiger partial charge in [-0.25, -0.2) is 4.98 Å². The fourth-order valence-electron chi connectivity index (χ4n) is 4.11. The normalized spacial score (nSPS) is 17.8. The maximum Gasteiger partial charge on any atom is 0.225 e. The van der Waals surface area contributed by atoms with Crippen molar-refractivity contribution < 1.29 is 4.79 Å². The highest BCUT2D eigenvalue weighted by molar-refractivity contribution is 6.30. The van der Waals surface area contributed by atoms with E-state index in [0.717, 1.165) is 74.0 Å². The van der Waals surface area contributed by atoms with Crippen LogP contribution < -0.4 is 0 Å². The summed E-state index contributed by atoms with van der Waals surface area (Å²) < 4.78 is 2.31. The molecule has 1 aliphatic heterocycles. The van der Waals surface area contributed by atoms with Gasteiger partial charge in [0.05, 0.1) is 17.6 Å². The van der Waals surface area contributed by atoms with Crippen molar-refractivity contribution in [3.8, 4) is 0 Å². The molecule has 29 heavy (non-hydrogen) atoms. The summed E-state index contributed by atoms with van der Waals surface area (Å²) in [4.78, 5) is 21.7. The first-order chi connectivity index (χ1) is 14.2. The van der Waals surface area contributed by atoms with E-state index in [1.807, 2.05) is 23.1 Å². The third-order valence-electron chi connectivity index (χ3n) is 5.96. The molecule has 1 saturated heterocycles. The fourth-order valence-corrected chi connectivity index (χ4v) is 4.24. The summed E-state index contributed by atoms with van der Waals surface area (Å²) in [5.74, 6) is 1.74. The standard InChI is InChI=1S/C23H25ClN4O/c24-19-9-5-17(6-10-19)15-28-21-4-2-1-3-20(21)25-22(28)16-26-11-13-27(14-12-26)23(29)18-7-8-18/h1-6,9-10,18H,7-8,11-16H2. The van der Waals surface area contributed by atoms with Crippen LogP contribution >= 0.6 is 11.6 Å². The Morgan fingerprint density at radius 1 is 0.966 bits per heavy atom. The SMILES string of the molecule is O=C(C1CC1)N1CCN(Cc2nc3ccccc3n2Cc2ccc(Cl)cc2)CC1. The van der Waals surface area contributed by atoms with Gasteiger partial charge in [-0.15, -0.1) is 0 Å². The Kier molecular flexibility index (Phi) is 5.02. The zero-order chi connectivity index (χ0) is 19.8. The molecule has 5 nitrogen and oxygen atoms in total. The number of amides is 1. The lowest BCUT2D eigenvalue weighted by atomic mass is 10.2. The summed E-state index contributed by atoms with van der Waals surface area (Å²) in [6.07, 6.45) is 2.15. The number of piperazine rings is 1. The molecule has 0 radical (unpaired) electrons. The zero-order valence-corrected chi connectivity index (χ0v) is 17.2. The van der Waals surface area contributed by atoms with Crippen molar-refractivity contribution in [2.45, 2.75) is 25.9 Å². The van der Waals surface area contributed by atoms with E-state index in [1.54, 1.807) is 0 Å². The quantitative estimate of drug-likeness (QED) is 0.645. The predicted octanol–water partition coefficient (Wildman–Crippen LogP) is 3.79. The third kappa shape index (κ3) is 4.02. The highest BCUT2D eigenvalue weighted by atomic mass is 35.5. The minimum absolute atomic E-state index is 0.310. The van der Waals surface area contributed by atoms with E-state index >= 15 is 0 Å². The number of fused-ring (bicyclic) bond motifs is 1. The second kappa shape index (κ2) is 7.81. The second-order valence-corrected chi connectivity index (χ2v) is 8.54. The maximum absolute atomic E-state index is 12.3. The molecule has 150 valence electrons. The molecule has 0 unspecified atom stereocenters. The van der Waals surface area contributed by atoms with Crippen molar-refractivity contribution in [1.82, 2.24) is 19.4 Å². The molecule has 2 aliphatic rings. The molecule has 6 heteroatoms. The number of para-hydroxylation sites is 2. The summed E-state index contributed by atoms with van der Waals surface area (Å²) in [5, 5.41) is 0.753. The van der Waals surface area contributed by atoms with Gasteiger partial charge in [0.2, 0.25) is 5.91 Å². The lowest BCUT2D eigenvalue weighted by Crippen LogP contribution is -2.49. The molecule has 5 rings (SSSR count). The molecule has 0 bridgehead atoms. The lowest BCUT2D eigenvalue weighted by molar-refractivity contribution is -0.134. The Morgan fingerprint density at radius 2 is 1.69 bits per heavy atom. The Hall–Kier alpha value is -2.37. The average molecular weight is 409 g/mol. The molecule has 0 spiro atoms. The Morgan fingerprint density at radius 3 is 2.41 bits per heavy atom. The Bertz CT molecular complexity index is 1020. The highest BCUT2D eigenvalue weighted by Gasteiger charge is 2.34. The number of benzene rings is 2. The summed E-state index contributed by atoms with van der Waals surface area (Å²) in [5.41, 5.74) is 3.39. The van der Waals surface area contributed by atoms with Gasteiger partial charge in [0.25, 0.3) is 0 Å². The summed E-state index contributed by atoms with van der Waals surface area (Å²) in [6, 6.07) is 16.3. The minimum Gasteiger partial charge on any atom is -0.340 e. The van der Waals surface area contributed by atoms with Gasteiger partial charge < -0.3 is 9.47 Å². The molecule has 1 aliphatic carbocycles. The first-order valence-electron chi connectivity index (χ1n) is 10.4. The third-order valence-corrected chi connectivity index (χ3v) is 6.22. The zero-order valence-electron chi connectivity index (χ0n) is 16.4. The van der Waals surface area contributed by atoms with Crippen molar-refractivity contribution in [3.05, 3.63) is 64.9 Å². The van der Waals surface area contributed by atoms with Gasteiger partial charge in [0.1, 0.15) is 5.82 Å². The number of nitrogens with zero attached hydrogens (tertiary/aromatic N) is 4. The van der Waals surface area contributed by atoms with Crippen molar-refractivity contribution in [2.24, 2.45) is 5.92 Å². The van der Waals surface area contributed by atoms with Crippen LogP contribution in [0, 0.1) is 5.92 Å². The summed E-state index contributed by atoms with van der Waals surface area (Å²) in [7, 11) is 0. The largest absolute Gasteiger partial charge is 0.340 e. The van der Waals surface area contributed by atoms with Gasteiger partial charge >= 0.3 is 0 Å². The number of hydrogen-bond donors (Lipinski definition) is 0. The van der Waals surface area contributed by atoms with Crippen LogP contribution in [0.2, 0.25) is 5.02 Å². The topological polar surface area (TPSA) is 41.4 Å². The second-order valence-electron chi connectivity index (χ2n) is 8.11. The van der Waals surface area contributed by atoms with Gasteiger partial charge in [-0.2, -0.15) is 0 Å². The number of rotatable bonds is 5. The molecule has 1 amide bonds. The molecule has 3 aromatic rings. The fraction of sp³-hybridized carbons (Fsp3) is 0.391. The molecule has 0 N–H and O–H groups in total. The molecule has 2 aromatic carbocycles. The van der Waals surface area contributed by atoms with Crippen LogP contribution in [0.1, 0.15) is 24.2 Å². The van der Waals surface area contributed by atoms with Crippen molar-refractivity contribution in [3.63, 3.8) is 0 Å². The predicted molar refractivity (Wildman–Crippen MR) is 115 cm³/mol. The molecule has 1 aromatic heterocycles. The Labute approximate surface area is 175 Å². The van der Waals surface area contributed by atoms with Crippen molar-refractivity contribution in [2.75, 3.05) is 26.2 Å². The summed E-state index contributed by atoms with van der Waals surface area (Å²) in [6.45, 7) is 5.03. The van der Waals surface area contributed by atoms with Gasteiger partial charge in [-0.05, 0) is 42.7 Å². The number of carbonyl (C=O) groups excluding carboxylic acids is 1. The highest BCUT2D eigenvalue weighted by Crippen LogP contribution is 2.31. The van der Waals surface area contributed by atoms with Gasteiger partial charge in [0, 0.05) is 43.7 Å². The van der Waals surface area contributed by atoms with Crippen LogP contribution in [-0.2, 0) is 17.9 Å². The van der Waals surface area contributed by atoms with Gasteiger partial charge in [0.15, 0.2) is 0 Å². The average Bonchev–Trinajstić information content (AvgIpc) is 3.54. The van der Waals surface area contributed by atoms with Crippen LogP contribution in [-0.4, -0.2) is 51.4 Å². The number of aromatic nitrogens is 2. The van der Waals surface area contributed by atoms with Crippen LogP contribution in [0.4, 0.5) is 0 Å². The van der Waals surface area contributed by atoms with E-state index in [-0.39, 0.29) is 0 Å². The monoisotopic (exact) mass is 408 g/mol. The van der Waals surface area contributed by atoms with Crippen LogP contribution in [0.3, 0.4) is 0 Å². The molecule has 2 fully saturated rings. The molecule has 2 heterocycles. The molecular formula is C23H25ClN4O. The minimum atomic E-state index is 0.310. The molecular weight excluding hydrogens is 384 g/mol. The van der Waals surface area contributed by atoms with Gasteiger partial charge in [-0.1, -0.05) is 35.9 Å². The van der Waals surface area contributed by atoms with E-state index in [1.165, 1.54) is 5.56 Å². The van der Waals surface area contributed by atoms with Crippen LogP contribution in [0.15, 0.2) is 48.5 Å². The summed E-state index contributed by atoms with van der Waals surface area (Å²) >= 11 is 6.05. The van der Waals surface area contributed by atoms with Crippen LogP contribution in [0.25, 0.3) is 11.0 Å². The van der Waals surface area contributed by atoms with Gasteiger partial charge in [-0.3, -0.25) is 9.69 Å². The molecule has 0 atom stereocenters. The van der Waals surface area contributed by atoms with Crippen molar-refractivity contribution >= 4 is 28.5 Å². The van der Waals surface area contributed by atoms with Crippen LogP contribution in [0.5, 0.6) is 0 Å². The lowest BCUT2D eigenvalue weighted by Gasteiger charge is -2.34. The smallest absolute Gasteiger partial charge is 0.225 e. The number of imidazole rings is 1. The first-order valence-corrected chi connectivity index (χ1v) is 10.7. The van der Waals surface area contributed by atoms with E-state index in [2.05, 4.69) is 39.8 Å². The number of carbonyl (C=O) groups is 1. The van der Waals surface area contributed by atoms with E-state index < -0.39 is 0 Å².